The number of aromatic hydroxyl groups is 1. The first-order chi connectivity index (χ1) is 9.46. The molecule has 6 heteroatoms. The number of ether oxygens (including phenoxy) is 1. The third-order valence-electron chi connectivity index (χ3n) is 3.49. The minimum absolute atomic E-state index is 0.0309. The lowest BCUT2D eigenvalue weighted by Crippen LogP contribution is -2.39. The fourth-order valence-electron chi connectivity index (χ4n) is 2.14. The van der Waals surface area contributed by atoms with Crippen LogP contribution < -0.4 is 10.6 Å². The van der Waals surface area contributed by atoms with E-state index in [9.17, 15) is 14.3 Å². The zero-order chi connectivity index (χ0) is 14.8. The minimum Gasteiger partial charge on any atom is -0.507 e. The summed E-state index contributed by atoms with van der Waals surface area (Å²) in [6.45, 7) is 4.37. The molecule has 110 valence electrons. The molecule has 0 aromatic heterocycles. The Labute approximate surface area is 117 Å². The van der Waals surface area contributed by atoms with Gasteiger partial charge in [-0.25, -0.2) is 9.18 Å². The highest BCUT2D eigenvalue weighted by atomic mass is 19.1. The van der Waals surface area contributed by atoms with Crippen LogP contribution in [-0.4, -0.2) is 29.4 Å². The summed E-state index contributed by atoms with van der Waals surface area (Å²) in [5.41, 5.74) is -0.224. The van der Waals surface area contributed by atoms with E-state index in [1.165, 1.54) is 18.2 Å². The number of phenolic OH excluding ortho intramolecular Hbond substituents is 1. The molecule has 2 amide bonds. The number of hydrogen-bond acceptors (Lipinski definition) is 3. The molecule has 5 nitrogen and oxygen atoms in total. The van der Waals surface area contributed by atoms with Gasteiger partial charge in [-0.3, -0.25) is 0 Å². The second kappa shape index (κ2) is 5.66. The molecule has 1 aromatic carbocycles. The van der Waals surface area contributed by atoms with Crippen molar-refractivity contribution < 1.29 is 19.0 Å². The van der Waals surface area contributed by atoms with E-state index in [1.54, 1.807) is 0 Å². The Hall–Kier alpha value is -1.82. The number of urea groups is 1. The largest absolute Gasteiger partial charge is 0.507 e. The number of carbonyl (C=O) groups is 1. The monoisotopic (exact) mass is 282 g/mol. The lowest BCUT2D eigenvalue weighted by atomic mass is 10.2. The Morgan fingerprint density at radius 3 is 3.00 bits per heavy atom. The number of nitrogens with one attached hydrogen (secondary N) is 2. The maximum atomic E-state index is 13.4. The highest BCUT2D eigenvalue weighted by Gasteiger charge is 2.52. The van der Waals surface area contributed by atoms with Gasteiger partial charge in [-0.15, -0.1) is 0 Å². The molecule has 0 unspecified atom stereocenters. The van der Waals surface area contributed by atoms with Crippen LogP contribution in [0.15, 0.2) is 18.2 Å². The van der Waals surface area contributed by atoms with Crippen molar-refractivity contribution in [3.63, 3.8) is 0 Å². The Kier molecular flexibility index (Phi) is 4.13. The quantitative estimate of drug-likeness (QED) is 0.772. The zero-order valence-electron chi connectivity index (χ0n) is 11.6. The van der Waals surface area contributed by atoms with Gasteiger partial charge in [0.2, 0.25) is 0 Å². The van der Waals surface area contributed by atoms with Crippen molar-refractivity contribution in [3.05, 3.63) is 29.6 Å². The van der Waals surface area contributed by atoms with Crippen LogP contribution in [0, 0.1) is 5.82 Å². The summed E-state index contributed by atoms with van der Waals surface area (Å²) in [6, 6.07) is 3.59. The summed E-state index contributed by atoms with van der Waals surface area (Å²) >= 11 is 0. The predicted molar refractivity (Wildman–Crippen MR) is 71.9 cm³/mol. The summed E-state index contributed by atoms with van der Waals surface area (Å²) in [5, 5.41) is 14.8. The highest BCUT2D eigenvalue weighted by Crippen LogP contribution is 2.39. The van der Waals surface area contributed by atoms with Crippen LogP contribution in [-0.2, 0) is 11.3 Å². The number of rotatable bonds is 5. The average molecular weight is 282 g/mol. The normalized spacial score (nSPS) is 24.2. The summed E-state index contributed by atoms with van der Waals surface area (Å²) in [4.78, 5) is 11.7. The second-order valence-corrected chi connectivity index (χ2v) is 5.07. The van der Waals surface area contributed by atoms with E-state index in [4.69, 9.17) is 4.74 Å². The summed E-state index contributed by atoms with van der Waals surface area (Å²) in [5.74, 6) is -0.716. The van der Waals surface area contributed by atoms with Crippen LogP contribution in [0.2, 0.25) is 0 Å². The predicted octanol–water partition coefficient (Wildman–Crippen LogP) is 1.90. The van der Waals surface area contributed by atoms with E-state index < -0.39 is 11.8 Å². The topological polar surface area (TPSA) is 70.6 Å². The van der Waals surface area contributed by atoms with E-state index in [-0.39, 0.29) is 29.5 Å². The first-order valence-electron chi connectivity index (χ1n) is 6.61. The third kappa shape index (κ3) is 3.19. The molecule has 0 bridgehead atoms. The van der Waals surface area contributed by atoms with Gasteiger partial charge in [-0.2, -0.15) is 0 Å². The van der Waals surface area contributed by atoms with Gasteiger partial charge in [0.15, 0.2) is 0 Å². The number of phenols is 1. The Morgan fingerprint density at radius 2 is 2.35 bits per heavy atom. The number of hydrogen-bond donors (Lipinski definition) is 3. The molecular weight excluding hydrogens is 263 g/mol. The van der Waals surface area contributed by atoms with Gasteiger partial charge < -0.3 is 20.5 Å². The molecule has 1 fully saturated rings. The second-order valence-electron chi connectivity index (χ2n) is 5.07. The smallest absolute Gasteiger partial charge is 0.315 e. The van der Waals surface area contributed by atoms with Crippen molar-refractivity contribution in [3.8, 4) is 5.75 Å². The molecule has 0 aliphatic heterocycles. The lowest BCUT2D eigenvalue weighted by molar-refractivity contribution is 0.0492. The molecule has 20 heavy (non-hydrogen) atoms. The summed E-state index contributed by atoms with van der Waals surface area (Å²) in [7, 11) is 0. The van der Waals surface area contributed by atoms with Gasteiger partial charge in [0.05, 0.1) is 18.2 Å². The van der Waals surface area contributed by atoms with Crippen LogP contribution in [0.25, 0.3) is 0 Å². The van der Waals surface area contributed by atoms with Gasteiger partial charge in [0.25, 0.3) is 0 Å². The maximum absolute atomic E-state index is 13.4. The van der Waals surface area contributed by atoms with Gasteiger partial charge >= 0.3 is 6.03 Å². The number of amides is 2. The molecule has 1 aliphatic carbocycles. The Bertz CT molecular complexity index is 489. The maximum Gasteiger partial charge on any atom is 0.315 e. The molecule has 0 spiro atoms. The van der Waals surface area contributed by atoms with Crippen molar-refractivity contribution in [2.45, 2.75) is 38.5 Å². The van der Waals surface area contributed by atoms with Crippen molar-refractivity contribution in [2.75, 3.05) is 6.61 Å². The highest BCUT2D eigenvalue weighted by molar-refractivity contribution is 5.75. The van der Waals surface area contributed by atoms with Crippen LogP contribution in [0.4, 0.5) is 9.18 Å². The van der Waals surface area contributed by atoms with Gasteiger partial charge in [-0.1, -0.05) is 6.07 Å². The first kappa shape index (κ1) is 14.6. The zero-order valence-corrected chi connectivity index (χ0v) is 11.6. The fraction of sp³-hybridized carbons (Fsp3) is 0.500. The first-order valence-corrected chi connectivity index (χ1v) is 6.61. The van der Waals surface area contributed by atoms with E-state index >= 15 is 0 Å². The molecule has 1 aliphatic rings. The van der Waals surface area contributed by atoms with Gasteiger partial charge in [0.1, 0.15) is 11.6 Å². The van der Waals surface area contributed by atoms with Crippen molar-refractivity contribution in [2.24, 2.45) is 0 Å². The van der Waals surface area contributed by atoms with E-state index in [0.717, 1.165) is 6.42 Å². The molecule has 1 saturated carbocycles. The average Bonchev–Trinajstić information content (AvgIpc) is 2.99. The fourth-order valence-corrected chi connectivity index (χ4v) is 2.14. The number of benzene rings is 1. The lowest BCUT2D eigenvalue weighted by Gasteiger charge is -2.13. The standard InChI is InChI=1S/C14H19FN2O3/c1-3-20-14(2)7-12(14)17-13(19)16-8-9-10(15)5-4-6-11(9)18/h4-6,12,18H,3,7-8H2,1-2H3,(H2,16,17,19)/t12-,14+/m1/s1. The van der Waals surface area contributed by atoms with E-state index in [2.05, 4.69) is 10.6 Å². The molecular formula is C14H19FN2O3. The van der Waals surface area contributed by atoms with Crippen LogP contribution in [0.1, 0.15) is 25.8 Å². The van der Waals surface area contributed by atoms with Gasteiger partial charge in [0, 0.05) is 18.6 Å². The molecule has 2 rings (SSSR count). The third-order valence-corrected chi connectivity index (χ3v) is 3.49. The van der Waals surface area contributed by atoms with E-state index in [1.807, 2.05) is 13.8 Å². The molecule has 0 saturated heterocycles. The van der Waals surface area contributed by atoms with Crippen molar-refractivity contribution in [1.82, 2.24) is 10.6 Å². The van der Waals surface area contributed by atoms with Crippen molar-refractivity contribution >= 4 is 6.03 Å². The molecule has 3 N–H and O–H groups in total. The molecule has 0 heterocycles. The Morgan fingerprint density at radius 1 is 1.60 bits per heavy atom. The number of halogens is 1. The van der Waals surface area contributed by atoms with Gasteiger partial charge in [-0.05, 0) is 26.0 Å². The van der Waals surface area contributed by atoms with Crippen molar-refractivity contribution in [1.29, 1.82) is 0 Å². The van der Waals surface area contributed by atoms with Crippen LogP contribution >= 0.6 is 0 Å². The summed E-state index contributed by atoms with van der Waals surface area (Å²) in [6.07, 6.45) is 0.763. The SMILES string of the molecule is CCO[C@@]1(C)C[C@H]1NC(=O)NCc1c(O)cccc1F. The Balaban J connectivity index is 1.82. The number of carbonyl (C=O) groups excluding carboxylic acids is 1. The summed E-state index contributed by atoms with van der Waals surface area (Å²) < 4.78 is 19.0. The minimum atomic E-state index is -0.545. The molecule has 2 atom stereocenters. The molecule has 1 aromatic rings. The van der Waals surface area contributed by atoms with Crippen LogP contribution in [0.3, 0.4) is 0 Å². The van der Waals surface area contributed by atoms with Crippen LogP contribution in [0.5, 0.6) is 5.75 Å². The molecule has 0 radical (unpaired) electrons. The van der Waals surface area contributed by atoms with E-state index in [0.29, 0.717) is 6.61 Å².